The van der Waals surface area contributed by atoms with Crippen LogP contribution in [-0.2, 0) is 14.8 Å². The van der Waals surface area contributed by atoms with Gasteiger partial charge in [-0.3, -0.25) is 4.79 Å². The number of hydrogen-bond donors (Lipinski definition) is 1. The van der Waals surface area contributed by atoms with Gasteiger partial charge in [0.2, 0.25) is 5.91 Å². The van der Waals surface area contributed by atoms with E-state index in [1.54, 1.807) is 23.1 Å². The van der Waals surface area contributed by atoms with Crippen LogP contribution in [0.1, 0.15) is 6.42 Å². The minimum absolute atomic E-state index is 0.119. The van der Waals surface area contributed by atoms with E-state index in [9.17, 15) is 13.2 Å². The zero-order chi connectivity index (χ0) is 20.9. The van der Waals surface area contributed by atoms with E-state index < -0.39 is 10.0 Å². The van der Waals surface area contributed by atoms with Gasteiger partial charge in [0.05, 0.1) is 19.1 Å². The van der Waals surface area contributed by atoms with Gasteiger partial charge in [0.25, 0.3) is 10.0 Å². The third-order valence-electron chi connectivity index (χ3n) is 5.60. The molecule has 0 saturated carbocycles. The molecule has 0 atom stereocenters. The third kappa shape index (κ3) is 3.74. The summed E-state index contributed by atoms with van der Waals surface area (Å²) >= 11 is 9.03. The maximum Gasteiger partial charge on any atom is 0.253 e. The van der Waals surface area contributed by atoms with Crippen molar-refractivity contribution >= 4 is 60.7 Å². The first-order valence-electron chi connectivity index (χ1n) is 9.69. The topological polar surface area (TPSA) is 73.0 Å². The Morgan fingerprint density at radius 2 is 2.03 bits per heavy atom. The van der Waals surface area contributed by atoms with E-state index in [4.69, 9.17) is 11.6 Å². The first kappa shape index (κ1) is 20.6. The number of carbonyl (C=O) groups is 1. The number of piperazine rings is 1. The number of thioether (sulfide) groups is 1. The first-order chi connectivity index (χ1) is 14.4. The molecule has 11 heteroatoms. The summed E-state index contributed by atoms with van der Waals surface area (Å²) in [5.41, 5.74) is 1.32. The van der Waals surface area contributed by atoms with E-state index in [1.165, 1.54) is 26.2 Å². The van der Waals surface area contributed by atoms with Gasteiger partial charge < -0.3 is 15.1 Å². The SMILES string of the molecule is O=C1CN(S(=O)(=O)c2cc3ccc(Cl)cc3s2)CCN1CN1CSC2=C1CCNC2. The van der Waals surface area contributed by atoms with Crippen molar-refractivity contribution in [1.29, 1.82) is 0 Å². The summed E-state index contributed by atoms with van der Waals surface area (Å²) < 4.78 is 28.6. The second-order valence-corrected chi connectivity index (χ2v) is 12.2. The van der Waals surface area contributed by atoms with Crippen molar-refractivity contribution in [2.75, 3.05) is 45.3 Å². The van der Waals surface area contributed by atoms with Crippen LogP contribution in [0.4, 0.5) is 0 Å². The van der Waals surface area contributed by atoms with E-state index in [0.717, 1.165) is 35.5 Å². The van der Waals surface area contributed by atoms with Gasteiger partial charge in [0.15, 0.2) is 0 Å². The fourth-order valence-corrected chi connectivity index (χ4v) is 8.32. The fraction of sp³-hybridized carbons (Fsp3) is 0.421. The highest BCUT2D eigenvalue weighted by Gasteiger charge is 2.35. The summed E-state index contributed by atoms with van der Waals surface area (Å²) in [6.07, 6.45) is 0.973. The van der Waals surface area contributed by atoms with Gasteiger partial charge in [0, 0.05) is 52.9 Å². The normalized spacial score (nSPS) is 21.0. The number of carbonyl (C=O) groups excluding carboxylic acids is 1. The number of hydrogen-bond acceptors (Lipinski definition) is 7. The predicted octanol–water partition coefficient (Wildman–Crippen LogP) is 2.56. The van der Waals surface area contributed by atoms with Crippen LogP contribution in [-0.4, -0.2) is 73.7 Å². The molecule has 0 unspecified atom stereocenters. The maximum atomic E-state index is 13.1. The van der Waals surface area contributed by atoms with Crippen molar-refractivity contribution in [2.24, 2.45) is 0 Å². The molecule has 7 nitrogen and oxygen atoms in total. The lowest BCUT2D eigenvalue weighted by molar-refractivity contribution is -0.135. The van der Waals surface area contributed by atoms with Crippen molar-refractivity contribution < 1.29 is 13.2 Å². The molecule has 160 valence electrons. The third-order valence-corrected chi connectivity index (χ3v) is 10.4. The fourth-order valence-electron chi connectivity index (χ4n) is 3.96. The molecule has 1 amide bonds. The minimum Gasteiger partial charge on any atom is -0.347 e. The summed E-state index contributed by atoms with van der Waals surface area (Å²) in [5.74, 6) is 0.699. The van der Waals surface area contributed by atoms with Gasteiger partial charge in [-0.1, -0.05) is 17.7 Å². The molecule has 2 aromatic rings. The average Bonchev–Trinajstić information content (AvgIpc) is 3.34. The smallest absolute Gasteiger partial charge is 0.253 e. The molecule has 30 heavy (non-hydrogen) atoms. The number of sulfonamides is 1. The minimum atomic E-state index is -3.71. The maximum absolute atomic E-state index is 13.1. The van der Waals surface area contributed by atoms with E-state index in [2.05, 4.69) is 10.2 Å². The molecule has 4 heterocycles. The molecular weight excluding hydrogens is 464 g/mol. The molecule has 3 aliphatic heterocycles. The number of nitrogens with one attached hydrogen (secondary N) is 1. The number of benzene rings is 1. The Kier molecular flexibility index (Phi) is 5.49. The van der Waals surface area contributed by atoms with Crippen LogP contribution in [0.25, 0.3) is 10.1 Å². The zero-order valence-electron chi connectivity index (χ0n) is 16.1. The van der Waals surface area contributed by atoms with Gasteiger partial charge in [-0.2, -0.15) is 4.31 Å². The lowest BCUT2D eigenvalue weighted by Gasteiger charge is -2.37. The highest BCUT2D eigenvalue weighted by molar-refractivity contribution is 8.03. The zero-order valence-corrected chi connectivity index (χ0v) is 19.3. The van der Waals surface area contributed by atoms with E-state index in [-0.39, 0.29) is 16.7 Å². The average molecular weight is 485 g/mol. The summed E-state index contributed by atoms with van der Waals surface area (Å²) in [6, 6.07) is 6.99. The highest BCUT2D eigenvalue weighted by Crippen LogP contribution is 2.36. The standard InChI is InChI=1S/C19H21ClN4O3S3/c20-14-2-1-13-7-19(29-16(13)8-14)30(26,27)24-6-5-22(18(25)10-24)11-23-12-28-17-9-21-4-3-15(17)23/h1-2,7-8,21H,3-6,9-12H2. The number of nitrogens with zero attached hydrogens (tertiary/aromatic N) is 3. The van der Waals surface area contributed by atoms with E-state index in [0.29, 0.717) is 24.8 Å². The number of fused-ring (bicyclic) bond motifs is 1. The number of halogens is 1. The van der Waals surface area contributed by atoms with Crippen LogP contribution in [0.2, 0.25) is 5.02 Å². The second kappa shape index (κ2) is 7.99. The Hall–Kier alpha value is -1.30. The Bertz CT molecular complexity index is 1150. The molecule has 0 bridgehead atoms. The number of amides is 1. The summed E-state index contributed by atoms with van der Waals surface area (Å²) in [5, 5.41) is 4.79. The molecule has 1 aromatic heterocycles. The van der Waals surface area contributed by atoms with Crippen LogP contribution < -0.4 is 5.32 Å². The highest BCUT2D eigenvalue weighted by atomic mass is 35.5. The molecule has 0 spiro atoms. The lowest BCUT2D eigenvalue weighted by Crippen LogP contribution is -2.54. The quantitative estimate of drug-likeness (QED) is 0.719. The predicted molar refractivity (Wildman–Crippen MR) is 121 cm³/mol. The van der Waals surface area contributed by atoms with Crippen molar-refractivity contribution in [2.45, 2.75) is 10.6 Å². The van der Waals surface area contributed by atoms with E-state index >= 15 is 0 Å². The van der Waals surface area contributed by atoms with Crippen molar-refractivity contribution in [1.82, 2.24) is 19.4 Å². The number of rotatable bonds is 4. The molecule has 1 aromatic carbocycles. The molecule has 3 aliphatic rings. The lowest BCUT2D eigenvalue weighted by atomic mass is 10.2. The monoisotopic (exact) mass is 484 g/mol. The second-order valence-electron chi connectivity index (χ2n) is 7.49. The van der Waals surface area contributed by atoms with Gasteiger partial charge in [0.1, 0.15) is 4.21 Å². The van der Waals surface area contributed by atoms with Gasteiger partial charge in [-0.05, 0) is 23.6 Å². The van der Waals surface area contributed by atoms with Crippen molar-refractivity contribution in [3.8, 4) is 0 Å². The molecule has 0 radical (unpaired) electrons. The van der Waals surface area contributed by atoms with Gasteiger partial charge in [-0.25, -0.2) is 8.42 Å². The van der Waals surface area contributed by atoms with Crippen LogP contribution in [0, 0.1) is 0 Å². The van der Waals surface area contributed by atoms with Crippen molar-refractivity contribution in [3.63, 3.8) is 0 Å². The van der Waals surface area contributed by atoms with Gasteiger partial charge in [-0.15, -0.1) is 23.1 Å². The Balaban J connectivity index is 1.29. The molecule has 1 fully saturated rings. The van der Waals surface area contributed by atoms with Crippen LogP contribution in [0.3, 0.4) is 0 Å². The van der Waals surface area contributed by atoms with Crippen LogP contribution >= 0.6 is 34.7 Å². The summed E-state index contributed by atoms with van der Waals surface area (Å²) in [7, 11) is -3.71. The van der Waals surface area contributed by atoms with Crippen molar-refractivity contribution in [3.05, 3.63) is 39.9 Å². The van der Waals surface area contributed by atoms with Crippen LogP contribution in [0.5, 0.6) is 0 Å². The molecule has 5 rings (SSSR count). The molecular formula is C19H21ClN4O3S3. The summed E-state index contributed by atoms with van der Waals surface area (Å²) in [4.78, 5) is 18.2. The van der Waals surface area contributed by atoms with E-state index in [1.807, 2.05) is 17.8 Å². The molecule has 1 saturated heterocycles. The number of thiophene rings is 1. The first-order valence-corrected chi connectivity index (χ1v) is 13.3. The summed E-state index contributed by atoms with van der Waals surface area (Å²) in [6.45, 7) is 2.97. The Labute approximate surface area is 188 Å². The van der Waals surface area contributed by atoms with Gasteiger partial charge >= 0.3 is 0 Å². The largest absolute Gasteiger partial charge is 0.347 e. The molecule has 1 N–H and O–H groups in total. The Morgan fingerprint density at radius 3 is 2.87 bits per heavy atom. The van der Waals surface area contributed by atoms with Crippen LogP contribution in [0.15, 0.2) is 39.1 Å². The Morgan fingerprint density at radius 1 is 1.17 bits per heavy atom. The molecule has 0 aliphatic carbocycles.